The quantitative estimate of drug-likeness (QED) is 0.755. The highest BCUT2D eigenvalue weighted by Gasteiger charge is 2.19. The molecule has 0 fully saturated rings. The van der Waals surface area contributed by atoms with E-state index in [-0.39, 0.29) is 5.91 Å². The molecular weight excluding hydrogens is 204 g/mol. The van der Waals surface area contributed by atoms with Gasteiger partial charge in [-0.2, -0.15) is 0 Å². The number of amides is 1. The number of hydroxylamine groups is 2. The van der Waals surface area contributed by atoms with Crippen molar-refractivity contribution < 1.29 is 9.63 Å². The minimum absolute atomic E-state index is 0.0822. The number of carbonyl (C=O) groups excluding carboxylic acids is 1. The molecule has 0 spiro atoms. The first-order valence-electron chi connectivity index (χ1n) is 5.37. The molecule has 0 saturated heterocycles. The van der Waals surface area contributed by atoms with Crippen LogP contribution in [0, 0.1) is 0 Å². The molecular formula is C12H16N2O2. The second kappa shape index (κ2) is 4.63. The molecule has 2 rings (SSSR count). The summed E-state index contributed by atoms with van der Waals surface area (Å²) < 4.78 is 0. The van der Waals surface area contributed by atoms with Crippen molar-refractivity contribution in [3.05, 3.63) is 34.9 Å². The minimum atomic E-state index is -0.0822. The third kappa shape index (κ3) is 1.94. The van der Waals surface area contributed by atoms with Gasteiger partial charge in [0, 0.05) is 19.2 Å². The summed E-state index contributed by atoms with van der Waals surface area (Å²) in [5.74, 6) is -0.0822. The maximum absolute atomic E-state index is 12.0. The van der Waals surface area contributed by atoms with Crippen molar-refractivity contribution in [3.63, 3.8) is 0 Å². The Morgan fingerprint density at radius 3 is 3.06 bits per heavy atom. The van der Waals surface area contributed by atoms with Crippen LogP contribution in [0.25, 0.3) is 0 Å². The number of benzene rings is 1. The molecule has 0 radical (unpaired) electrons. The second-order valence-corrected chi connectivity index (χ2v) is 3.86. The zero-order chi connectivity index (χ0) is 11.5. The van der Waals surface area contributed by atoms with Gasteiger partial charge in [0.15, 0.2) is 0 Å². The van der Waals surface area contributed by atoms with E-state index < -0.39 is 0 Å². The molecule has 1 heterocycles. The van der Waals surface area contributed by atoms with Crippen LogP contribution >= 0.6 is 0 Å². The topological polar surface area (TPSA) is 41.6 Å². The molecule has 0 aromatic heterocycles. The summed E-state index contributed by atoms with van der Waals surface area (Å²) >= 11 is 0. The average Bonchev–Trinajstić information content (AvgIpc) is 2.36. The molecule has 0 unspecified atom stereocenters. The van der Waals surface area contributed by atoms with E-state index in [0.29, 0.717) is 0 Å². The maximum Gasteiger partial charge on any atom is 0.277 e. The van der Waals surface area contributed by atoms with E-state index in [4.69, 9.17) is 4.84 Å². The van der Waals surface area contributed by atoms with E-state index in [1.54, 1.807) is 7.05 Å². The summed E-state index contributed by atoms with van der Waals surface area (Å²) in [6, 6.07) is 5.84. The molecule has 1 amide bonds. The highest BCUT2D eigenvalue weighted by atomic mass is 16.7. The van der Waals surface area contributed by atoms with E-state index >= 15 is 0 Å². The smallest absolute Gasteiger partial charge is 0.277 e. The maximum atomic E-state index is 12.0. The molecule has 1 aliphatic rings. The largest absolute Gasteiger partial charge is 0.312 e. The fourth-order valence-corrected chi connectivity index (χ4v) is 1.98. The van der Waals surface area contributed by atoms with Crippen molar-refractivity contribution in [1.29, 1.82) is 0 Å². The van der Waals surface area contributed by atoms with E-state index in [1.807, 2.05) is 12.1 Å². The Kier molecular flexibility index (Phi) is 3.22. The van der Waals surface area contributed by atoms with Gasteiger partial charge in [0.05, 0.1) is 7.11 Å². The van der Waals surface area contributed by atoms with Crippen LogP contribution < -0.4 is 5.32 Å². The number of nitrogens with zero attached hydrogens (tertiary/aromatic N) is 1. The molecule has 4 nitrogen and oxygen atoms in total. The number of nitrogens with one attached hydrogen (secondary N) is 1. The van der Waals surface area contributed by atoms with Crippen molar-refractivity contribution in [2.75, 3.05) is 20.7 Å². The summed E-state index contributed by atoms with van der Waals surface area (Å²) in [5.41, 5.74) is 3.11. The first kappa shape index (κ1) is 11.1. The van der Waals surface area contributed by atoms with E-state index in [9.17, 15) is 4.79 Å². The number of hydrogen-bond donors (Lipinski definition) is 1. The standard InChI is InChI=1S/C12H16N2O2/c1-14(16-2)12(15)11-5-3-4-9-8-13-7-6-10(9)11/h3-5,13H,6-8H2,1-2H3. The minimum Gasteiger partial charge on any atom is -0.312 e. The van der Waals surface area contributed by atoms with E-state index in [0.717, 1.165) is 30.6 Å². The highest BCUT2D eigenvalue weighted by Crippen LogP contribution is 2.19. The third-order valence-electron chi connectivity index (χ3n) is 2.93. The molecule has 1 aromatic carbocycles. The summed E-state index contributed by atoms with van der Waals surface area (Å²) in [7, 11) is 3.12. The average molecular weight is 220 g/mol. The Morgan fingerprint density at radius 1 is 1.50 bits per heavy atom. The Morgan fingerprint density at radius 2 is 2.31 bits per heavy atom. The van der Waals surface area contributed by atoms with Crippen LogP contribution in [0.3, 0.4) is 0 Å². The van der Waals surface area contributed by atoms with Crippen LogP contribution in [0.5, 0.6) is 0 Å². The Hall–Kier alpha value is -1.39. The fourth-order valence-electron chi connectivity index (χ4n) is 1.98. The van der Waals surface area contributed by atoms with Crippen LogP contribution in [-0.4, -0.2) is 31.7 Å². The Balaban J connectivity index is 2.37. The van der Waals surface area contributed by atoms with Crippen molar-refractivity contribution >= 4 is 5.91 Å². The number of hydrogen-bond acceptors (Lipinski definition) is 3. The zero-order valence-electron chi connectivity index (χ0n) is 9.62. The van der Waals surface area contributed by atoms with Crippen LogP contribution in [0.1, 0.15) is 21.5 Å². The van der Waals surface area contributed by atoms with Gasteiger partial charge in [-0.25, -0.2) is 5.06 Å². The number of fused-ring (bicyclic) bond motifs is 1. The third-order valence-corrected chi connectivity index (χ3v) is 2.93. The first-order valence-corrected chi connectivity index (χ1v) is 5.37. The van der Waals surface area contributed by atoms with Crippen molar-refractivity contribution in [2.45, 2.75) is 13.0 Å². The predicted octanol–water partition coefficient (Wildman–Crippen LogP) is 0.966. The van der Waals surface area contributed by atoms with Gasteiger partial charge in [-0.1, -0.05) is 12.1 Å². The van der Waals surface area contributed by atoms with Gasteiger partial charge in [-0.15, -0.1) is 0 Å². The highest BCUT2D eigenvalue weighted by molar-refractivity contribution is 5.95. The van der Waals surface area contributed by atoms with Crippen molar-refractivity contribution in [2.24, 2.45) is 0 Å². The molecule has 1 aliphatic heterocycles. The predicted molar refractivity (Wildman–Crippen MR) is 61.0 cm³/mol. The lowest BCUT2D eigenvalue weighted by atomic mass is 9.95. The molecule has 0 aliphatic carbocycles. The van der Waals surface area contributed by atoms with Crippen LogP contribution in [-0.2, 0) is 17.8 Å². The SMILES string of the molecule is CON(C)C(=O)c1cccc2c1CCNC2. The number of carbonyl (C=O) groups is 1. The van der Waals surface area contributed by atoms with Gasteiger partial charge < -0.3 is 5.32 Å². The summed E-state index contributed by atoms with van der Waals surface area (Å²) in [5, 5.41) is 4.56. The number of rotatable bonds is 2. The van der Waals surface area contributed by atoms with Gasteiger partial charge in [0.2, 0.25) is 0 Å². The summed E-state index contributed by atoms with van der Waals surface area (Å²) in [4.78, 5) is 17.0. The molecule has 1 aromatic rings. The normalized spacial score (nSPS) is 14.4. The van der Waals surface area contributed by atoms with Crippen LogP contribution in [0.2, 0.25) is 0 Å². The molecule has 86 valence electrons. The Labute approximate surface area is 95.2 Å². The first-order chi connectivity index (χ1) is 7.74. The fraction of sp³-hybridized carbons (Fsp3) is 0.417. The van der Waals surface area contributed by atoms with Gasteiger partial charge >= 0.3 is 0 Å². The van der Waals surface area contributed by atoms with Gasteiger partial charge in [0.1, 0.15) is 0 Å². The molecule has 0 atom stereocenters. The second-order valence-electron chi connectivity index (χ2n) is 3.86. The molecule has 0 bridgehead atoms. The molecule has 16 heavy (non-hydrogen) atoms. The van der Waals surface area contributed by atoms with Gasteiger partial charge in [-0.05, 0) is 30.2 Å². The molecule has 0 saturated carbocycles. The van der Waals surface area contributed by atoms with Crippen LogP contribution in [0.4, 0.5) is 0 Å². The lowest BCUT2D eigenvalue weighted by Gasteiger charge is -2.22. The van der Waals surface area contributed by atoms with Crippen molar-refractivity contribution in [1.82, 2.24) is 10.4 Å². The molecule has 4 heteroatoms. The van der Waals surface area contributed by atoms with Crippen molar-refractivity contribution in [3.8, 4) is 0 Å². The Bertz CT molecular complexity index is 404. The van der Waals surface area contributed by atoms with Gasteiger partial charge in [0.25, 0.3) is 5.91 Å². The lowest BCUT2D eigenvalue weighted by Crippen LogP contribution is -2.30. The lowest BCUT2D eigenvalue weighted by molar-refractivity contribution is -0.0757. The zero-order valence-corrected chi connectivity index (χ0v) is 9.62. The van der Waals surface area contributed by atoms with Crippen LogP contribution in [0.15, 0.2) is 18.2 Å². The summed E-state index contributed by atoms with van der Waals surface area (Å²) in [6.45, 7) is 1.77. The molecule has 1 N–H and O–H groups in total. The van der Waals surface area contributed by atoms with Gasteiger partial charge in [-0.3, -0.25) is 9.63 Å². The van der Waals surface area contributed by atoms with E-state index in [2.05, 4.69) is 11.4 Å². The summed E-state index contributed by atoms with van der Waals surface area (Å²) in [6.07, 6.45) is 0.898. The van der Waals surface area contributed by atoms with E-state index in [1.165, 1.54) is 17.7 Å². The monoisotopic (exact) mass is 220 g/mol.